The number of ether oxygens (including phenoxy) is 1. The van der Waals surface area contributed by atoms with Crippen molar-refractivity contribution >= 4 is 17.5 Å². The number of amides is 1. The number of halogens is 2. The first-order valence-corrected chi connectivity index (χ1v) is 10.1. The molecule has 1 spiro atoms. The summed E-state index contributed by atoms with van der Waals surface area (Å²) in [6.07, 6.45) is 2.94. The first kappa shape index (κ1) is 19.2. The zero-order valence-electron chi connectivity index (χ0n) is 15.8. The van der Waals surface area contributed by atoms with Crippen LogP contribution in [0.5, 0.6) is 0 Å². The van der Waals surface area contributed by atoms with Crippen LogP contribution < -0.4 is 5.32 Å². The second-order valence-electron chi connectivity index (χ2n) is 8.98. The van der Waals surface area contributed by atoms with Crippen molar-refractivity contribution in [3.63, 3.8) is 0 Å². The molecule has 1 aliphatic heterocycles. The molecule has 27 heavy (non-hydrogen) atoms. The predicted octanol–water partition coefficient (Wildman–Crippen LogP) is 3.86. The van der Waals surface area contributed by atoms with Gasteiger partial charge in [0.2, 0.25) is 5.91 Å². The molecule has 1 aromatic carbocycles. The number of aliphatic hydroxyl groups excluding tert-OH is 1. The van der Waals surface area contributed by atoms with Crippen LogP contribution >= 0.6 is 11.6 Å². The van der Waals surface area contributed by atoms with Crippen molar-refractivity contribution in [2.24, 2.45) is 22.7 Å². The number of benzene rings is 1. The van der Waals surface area contributed by atoms with Crippen molar-refractivity contribution < 1.29 is 19.0 Å². The lowest BCUT2D eigenvalue weighted by molar-refractivity contribution is -0.137. The molecule has 6 heteroatoms. The summed E-state index contributed by atoms with van der Waals surface area (Å²) >= 11 is 6.35. The molecule has 0 aromatic heterocycles. The van der Waals surface area contributed by atoms with Gasteiger partial charge in [-0.25, -0.2) is 4.39 Å². The number of carbonyl (C=O) groups is 1. The van der Waals surface area contributed by atoms with E-state index in [0.717, 1.165) is 24.8 Å². The van der Waals surface area contributed by atoms with Gasteiger partial charge < -0.3 is 15.2 Å². The third-order valence-electron chi connectivity index (χ3n) is 7.42. The molecule has 4 nitrogen and oxygen atoms in total. The van der Waals surface area contributed by atoms with E-state index < -0.39 is 0 Å². The Bertz CT molecular complexity index is 755. The van der Waals surface area contributed by atoms with Crippen LogP contribution in [0.1, 0.15) is 51.2 Å². The SMILES string of the molecule is CC1(C)[C@@H]2C[C@@H]3[C@@H](c4ccc(F)cc4Cl)OCC[C@]3(C2)[C@H]1NC(=O)CCO. The second-order valence-corrected chi connectivity index (χ2v) is 9.39. The standard InChI is InChI=1S/C21H27ClFNO3/c1-20(2)12-9-15-18(14-4-3-13(23)10-16(14)22)27-8-6-21(15,11-12)19(20)24-17(26)5-7-25/h3-4,10,12,15,18-19,25H,5-9,11H2,1-2H3,(H,24,26)/t12-,15-,18-,19+,21-/m1/s1. The summed E-state index contributed by atoms with van der Waals surface area (Å²) in [6.45, 7) is 4.93. The Kier molecular flexibility index (Phi) is 4.76. The Labute approximate surface area is 164 Å². The van der Waals surface area contributed by atoms with E-state index in [9.17, 15) is 9.18 Å². The minimum absolute atomic E-state index is 0.00387. The van der Waals surface area contributed by atoms with E-state index >= 15 is 0 Å². The molecule has 2 bridgehead atoms. The van der Waals surface area contributed by atoms with E-state index in [0.29, 0.717) is 17.5 Å². The van der Waals surface area contributed by atoms with E-state index in [1.807, 2.05) is 0 Å². The average Bonchev–Trinajstić information content (AvgIpc) is 3.08. The van der Waals surface area contributed by atoms with Gasteiger partial charge in [0.05, 0.1) is 12.7 Å². The van der Waals surface area contributed by atoms with Crippen LogP contribution in [0, 0.1) is 28.5 Å². The van der Waals surface area contributed by atoms with Crippen LogP contribution in [0.4, 0.5) is 4.39 Å². The Morgan fingerprint density at radius 2 is 2.22 bits per heavy atom. The molecule has 3 aliphatic rings. The number of fused-ring (bicyclic) bond motifs is 1. The van der Waals surface area contributed by atoms with E-state index in [4.69, 9.17) is 21.4 Å². The molecule has 2 saturated carbocycles. The number of carbonyl (C=O) groups excluding carboxylic acids is 1. The first-order valence-electron chi connectivity index (χ1n) is 9.76. The van der Waals surface area contributed by atoms with Gasteiger partial charge in [0, 0.05) is 24.1 Å². The monoisotopic (exact) mass is 395 g/mol. The van der Waals surface area contributed by atoms with Crippen molar-refractivity contribution in [1.29, 1.82) is 0 Å². The maximum absolute atomic E-state index is 13.5. The van der Waals surface area contributed by atoms with E-state index in [2.05, 4.69) is 19.2 Å². The minimum Gasteiger partial charge on any atom is -0.396 e. The predicted molar refractivity (Wildman–Crippen MR) is 101 cm³/mol. The fraction of sp³-hybridized carbons (Fsp3) is 0.667. The Morgan fingerprint density at radius 1 is 1.44 bits per heavy atom. The number of rotatable bonds is 4. The Balaban J connectivity index is 1.68. The number of hydrogen-bond donors (Lipinski definition) is 2. The summed E-state index contributed by atoms with van der Waals surface area (Å²) in [5.74, 6) is 0.286. The average molecular weight is 396 g/mol. The van der Waals surface area contributed by atoms with Gasteiger partial charge >= 0.3 is 0 Å². The molecular formula is C21H27ClFNO3. The smallest absolute Gasteiger partial charge is 0.222 e. The second kappa shape index (κ2) is 6.71. The highest BCUT2D eigenvalue weighted by molar-refractivity contribution is 6.31. The van der Waals surface area contributed by atoms with E-state index in [1.165, 1.54) is 12.1 Å². The van der Waals surface area contributed by atoms with Crippen LogP contribution in [-0.2, 0) is 9.53 Å². The first-order chi connectivity index (χ1) is 12.8. The zero-order chi connectivity index (χ0) is 19.4. The molecule has 1 heterocycles. The summed E-state index contributed by atoms with van der Waals surface area (Å²) in [7, 11) is 0. The Morgan fingerprint density at radius 3 is 2.93 bits per heavy atom. The maximum atomic E-state index is 13.5. The van der Waals surface area contributed by atoms with Gasteiger partial charge in [-0.05, 0) is 59.6 Å². The van der Waals surface area contributed by atoms with Gasteiger partial charge in [0.1, 0.15) is 5.82 Å². The molecule has 148 valence electrons. The van der Waals surface area contributed by atoms with Crippen molar-refractivity contribution in [3.05, 3.63) is 34.6 Å². The van der Waals surface area contributed by atoms with Crippen LogP contribution in [0.15, 0.2) is 18.2 Å². The molecule has 2 N–H and O–H groups in total. The lowest BCUT2D eigenvalue weighted by atomic mass is 9.59. The normalized spacial score (nSPS) is 36.5. The number of hydrogen-bond acceptors (Lipinski definition) is 3. The lowest BCUT2D eigenvalue weighted by Gasteiger charge is -2.53. The number of nitrogens with one attached hydrogen (secondary N) is 1. The lowest BCUT2D eigenvalue weighted by Crippen LogP contribution is -2.59. The molecule has 4 rings (SSSR count). The highest BCUT2D eigenvalue weighted by atomic mass is 35.5. The molecule has 1 saturated heterocycles. The Hall–Kier alpha value is -1.17. The molecule has 1 amide bonds. The molecule has 0 unspecified atom stereocenters. The molecule has 3 fully saturated rings. The van der Waals surface area contributed by atoms with Crippen molar-refractivity contribution in [1.82, 2.24) is 5.32 Å². The summed E-state index contributed by atoms with van der Waals surface area (Å²) in [4.78, 5) is 12.3. The fourth-order valence-electron chi connectivity index (χ4n) is 6.16. The van der Waals surface area contributed by atoms with Crippen LogP contribution in [-0.4, -0.2) is 30.3 Å². The molecule has 1 aromatic rings. The van der Waals surface area contributed by atoms with E-state index in [1.54, 1.807) is 6.07 Å². The summed E-state index contributed by atoms with van der Waals surface area (Å²) in [5.41, 5.74) is 0.795. The highest BCUT2D eigenvalue weighted by Crippen LogP contribution is 2.70. The molecule has 5 atom stereocenters. The fourth-order valence-corrected chi connectivity index (χ4v) is 6.44. The summed E-state index contributed by atoms with van der Waals surface area (Å²) in [6, 6.07) is 4.55. The van der Waals surface area contributed by atoms with Crippen LogP contribution in [0.3, 0.4) is 0 Å². The molecule has 2 aliphatic carbocycles. The van der Waals surface area contributed by atoms with Crippen molar-refractivity contribution in [2.45, 2.75) is 51.7 Å². The maximum Gasteiger partial charge on any atom is 0.222 e. The quantitative estimate of drug-likeness (QED) is 0.813. The van der Waals surface area contributed by atoms with Gasteiger partial charge in [-0.1, -0.05) is 31.5 Å². The third-order valence-corrected chi connectivity index (χ3v) is 7.75. The topological polar surface area (TPSA) is 58.6 Å². The van der Waals surface area contributed by atoms with Crippen LogP contribution in [0.25, 0.3) is 0 Å². The van der Waals surface area contributed by atoms with Gasteiger partial charge in [0.25, 0.3) is 0 Å². The minimum atomic E-state index is -0.350. The largest absolute Gasteiger partial charge is 0.396 e. The van der Waals surface area contributed by atoms with Gasteiger partial charge in [-0.2, -0.15) is 0 Å². The summed E-state index contributed by atoms with van der Waals surface area (Å²) in [5, 5.41) is 12.8. The molecular weight excluding hydrogens is 369 g/mol. The van der Waals surface area contributed by atoms with Gasteiger partial charge in [-0.15, -0.1) is 0 Å². The summed E-state index contributed by atoms with van der Waals surface area (Å²) < 4.78 is 19.7. The van der Waals surface area contributed by atoms with Crippen LogP contribution in [0.2, 0.25) is 5.02 Å². The highest BCUT2D eigenvalue weighted by Gasteiger charge is 2.68. The zero-order valence-corrected chi connectivity index (χ0v) is 16.6. The van der Waals surface area contributed by atoms with Crippen molar-refractivity contribution in [2.75, 3.05) is 13.2 Å². The van der Waals surface area contributed by atoms with Gasteiger partial charge in [-0.3, -0.25) is 4.79 Å². The van der Waals surface area contributed by atoms with Crippen molar-refractivity contribution in [3.8, 4) is 0 Å². The molecule has 0 radical (unpaired) electrons. The van der Waals surface area contributed by atoms with E-state index in [-0.39, 0.29) is 53.6 Å². The van der Waals surface area contributed by atoms with Gasteiger partial charge in [0.15, 0.2) is 0 Å². The number of aliphatic hydroxyl groups is 1. The third kappa shape index (κ3) is 2.90.